The topological polar surface area (TPSA) is 45.2 Å². The summed E-state index contributed by atoms with van der Waals surface area (Å²) in [6, 6.07) is 9.86. The molecule has 8 heteroatoms. The van der Waals surface area contributed by atoms with Crippen molar-refractivity contribution in [3.8, 4) is 0 Å². The van der Waals surface area contributed by atoms with Gasteiger partial charge in [0, 0.05) is 18.3 Å². The SMILES string of the molecule is CN1CC2CCC1([C@H](NC(=O)c1ccnc(C(F)(F)F)c1F)c1ccccc1)CC2. The van der Waals surface area contributed by atoms with Gasteiger partial charge in [-0.1, -0.05) is 30.3 Å². The Labute approximate surface area is 172 Å². The van der Waals surface area contributed by atoms with Gasteiger partial charge < -0.3 is 5.32 Å². The average molecular weight is 421 g/mol. The number of carbonyl (C=O) groups is 1. The molecule has 3 fully saturated rings. The Morgan fingerprint density at radius 3 is 2.47 bits per heavy atom. The van der Waals surface area contributed by atoms with E-state index in [2.05, 4.69) is 15.2 Å². The first kappa shape index (κ1) is 20.8. The molecule has 1 aromatic carbocycles. The minimum atomic E-state index is -4.97. The number of hydrogen-bond acceptors (Lipinski definition) is 3. The van der Waals surface area contributed by atoms with Gasteiger partial charge in [-0.05, 0) is 50.3 Å². The Balaban J connectivity index is 1.71. The number of aromatic nitrogens is 1. The van der Waals surface area contributed by atoms with Crippen LogP contribution < -0.4 is 5.32 Å². The molecule has 3 aliphatic rings. The molecule has 1 amide bonds. The molecule has 4 nitrogen and oxygen atoms in total. The highest BCUT2D eigenvalue weighted by molar-refractivity contribution is 5.95. The molecule has 0 spiro atoms. The third kappa shape index (κ3) is 3.57. The molecule has 2 bridgehead atoms. The molecular weight excluding hydrogens is 398 g/mol. The summed E-state index contributed by atoms with van der Waals surface area (Å²) in [5, 5.41) is 2.87. The van der Waals surface area contributed by atoms with Crippen molar-refractivity contribution < 1.29 is 22.4 Å². The van der Waals surface area contributed by atoms with Crippen LogP contribution in [0.25, 0.3) is 0 Å². The summed E-state index contributed by atoms with van der Waals surface area (Å²) in [6.45, 7) is 0.904. The quantitative estimate of drug-likeness (QED) is 0.735. The smallest absolute Gasteiger partial charge is 0.343 e. The van der Waals surface area contributed by atoms with Crippen LogP contribution in [0.5, 0.6) is 0 Å². The monoisotopic (exact) mass is 421 g/mol. The van der Waals surface area contributed by atoms with Crippen LogP contribution in [0.1, 0.15) is 53.3 Å². The normalized spacial score (nSPS) is 25.2. The van der Waals surface area contributed by atoms with Crippen molar-refractivity contribution in [3.63, 3.8) is 0 Å². The van der Waals surface area contributed by atoms with E-state index in [1.165, 1.54) is 0 Å². The second-order valence-electron chi connectivity index (χ2n) is 8.26. The van der Waals surface area contributed by atoms with Crippen molar-refractivity contribution in [1.29, 1.82) is 0 Å². The maximum absolute atomic E-state index is 14.5. The Hall–Kier alpha value is -2.48. The van der Waals surface area contributed by atoms with E-state index in [-0.39, 0.29) is 5.54 Å². The van der Waals surface area contributed by atoms with E-state index in [0.717, 1.165) is 50.1 Å². The summed E-state index contributed by atoms with van der Waals surface area (Å²) >= 11 is 0. The first-order valence-electron chi connectivity index (χ1n) is 10.0. The minimum Gasteiger partial charge on any atom is -0.343 e. The van der Waals surface area contributed by atoms with E-state index in [1.54, 1.807) is 0 Å². The van der Waals surface area contributed by atoms with Gasteiger partial charge in [0.05, 0.1) is 11.6 Å². The minimum absolute atomic E-state index is 0.359. The Kier molecular flexibility index (Phi) is 5.30. The van der Waals surface area contributed by atoms with Crippen molar-refractivity contribution in [2.45, 2.75) is 43.4 Å². The highest BCUT2D eigenvalue weighted by atomic mass is 19.4. The zero-order valence-corrected chi connectivity index (χ0v) is 16.5. The van der Waals surface area contributed by atoms with Crippen LogP contribution in [0.15, 0.2) is 42.6 Å². The van der Waals surface area contributed by atoms with Crippen molar-refractivity contribution in [1.82, 2.24) is 15.2 Å². The van der Waals surface area contributed by atoms with Gasteiger partial charge >= 0.3 is 6.18 Å². The molecule has 0 radical (unpaired) electrons. The van der Waals surface area contributed by atoms with Crippen molar-refractivity contribution in [2.75, 3.05) is 13.6 Å². The van der Waals surface area contributed by atoms with Crippen LogP contribution in [0.3, 0.4) is 0 Å². The highest BCUT2D eigenvalue weighted by Gasteiger charge is 2.50. The van der Waals surface area contributed by atoms with Crippen molar-refractivity contribution in [3.05, 3.63) is 65.2 Å². The van der Waals surface area contributed by atoms with Gasteiger partial charge in [0.15, 0.2) is 11.5 Å². The standard InChI is InChI=1S/C22H23F4N3O/c1-29-13-14-7-10-21(29,11-8-14)18(15-5-3-2-4-6-15)28-20(30)16-9-12-27-19(17(16)23)22(24,25)26/h2-6,9,12,14,18H,7-8,10-11,13H2,1H3,(H,28,30)/t14?,18-,21?/m1/s1. The lowest BCUT2D eigenvalue weighted by Crippen LogP contribution is -2.62. The molecule has 1 saturated carbocycles. The van der Waals surface area contributed by atoms with Crippen molar-refractivity contribution in [2.24, 2.45) is 5.92 Å². The van der Waals surface area contributed by atoms with E-state index in [0.29, 0.717) is 5.92 Å². The lowest BCUT2D eigenvalue weighted by molar-refractivity contribution is -0.143. The van der Waals surface area contributed by atoms with Crippen LogP contribution in [0, 0.1) is 11.7 Å². The number of benzene rings is 1. The molecule has 3 heterocycles. The number of nitrogens with zero attached hydrogens (tertiary/aromatic N) is 2. The Morgan fingerprint density at radius 2 is 1.87 bits per heavy atom. The highest BCUT2D eigenvalue weighted by Crippen LogP contribution is 2.49. The summed E-state index contributed by atoms with van der Waals surface area (Å²) in [5.41, 5.74) is -1.84. The fourth-order valence-electron chi connectivity index (χ4n) is 5.02. The first-order chi connectivity index (χ1) is 14.2. The fourth-order valence-corrected chi connectivity index (χ4v) is 5.02. The summed E-state index contributed by atoms with van der Waals surface area (Å²) in [5.74, 6) is -1.90. The number of piperidine rings is 2. The molecule has 2 aromatic rings. The van der Waals surface area contributed by atoms with Crippen molar-refractivity contribution >= 4 is 5.91 Å². The number of amides is 1. The molecule has 160 valence electrons. The number of rotatable bonds is 4. The third-order valence-electron chi connectivity index (χ3n) is 6.61. The van der Waals surface area contributed by atoms with Gasteiger partial charge in [0.2, 0.25) is 0 Å². The second-order valence-corrected chi connectivity index (χ2v) is 8.26. The maximum atomic E-state index is 14.5. The lowest BCUT2D eigenvalue weighted by Gasteiger charge is -2.57. The molecular formula is C22H23F4N3O. The fraction of sp³-hybridized carbons (Fsp3) is 0.455. The number of carbonyl (C=O) groups excluding carboxylic acids is 1. The molecule has 30 heavy (non-hydrogen) atoms. The van der Waals surface area contributed by atoms with Gasteiger partial charge in [0.1, 0.15) is 0 Å². The lowest BCUT2D eigenvalue weighted by atomic mass is 9.66. The number of fused-ring (bicyclic) bond motifs is 3. The van der Waals surface area contributed by atoms with Gasteiger partial charge in [-0.15, -0.1) is 0 Å². The molecule has 1 aromatic heterocycles. The van der Waals surface area contributed by atoms with Crippen LogP contribution in [-0.2, 0) is 6.18 Å². The predicted molar refractivity (Wildman–Crippen MR) is 103 cm³/mol. The number of hydrogen-bond donors (Lipinski definition) is 1. The molecule has 2 saturated heterocycles. The Morgan fingerprint density at radius 1 is 1.20 bits per heavy atom. The Bertz CT molecular complexity index is 924. The maximum Gasteiger partial charge on any atom is 0.436 e. The average Bonchev–Trinajstić information content (AvgIpc) is 2.72. The number of pyridine rings is 1. The predicted octanol–water partition coefficient (Wildman–Crippen LogP) is 4.59. The van der Waals surface area contributed by atoms with Gasteiger partial charge in [-0.2, -0.15) is 13.2 Å². The third-order valence-corrected chi connectivity index (χ3v) is 6.61. The van der Waals surface area contributed by atoms with Crippen LogP contribution in [-0.4, -0.2) is 34.9 Å². The van der Waals surface area contributed by atoms with Gasteiger partial charge in [-0.3, -0.25) is 9.69 Å². The summed E-state index contributed by atoms with van der Waals surface area (Å²) in [6.07, 6.45) is -0.369. The van der Waals surface area contributed by atoms with Crippen LogP contribution in [0.4, 0.5) is 17.6 Å². The van der Waals surface area contributed by atoms with E-state index >= 15 is 0 Å². The van der Waals surface area contributed by atoms with Gasteiger partial charge in [0.25, 0.3) is 5.91 Å². The molecule has 1 aliphatic carbocycles. The van der Waals surface area contributed by atoms with E-state index in [4.69, 9.17) is 0 Å². The van der Waals surface area contributed by atoms with E-state index < -0.39 is 35.2 Å². The molecule has 1 atom stereocenters. The summed E-state index contributed by atoms with van der Waals surface area (Å²) in [7, 11) is 2.02. The molecule has 5 rings (SSSR count). The molecule has 1 N–H and O–H groups in total. The van der Waals surface area contributed by atoms with E-state index in [9.17, 15) is 22.4 Å². The summed E-state index contributed by atoms with van der Waals surface area (Å²) in [4.78, 5) is 18.3. The van der Waals surface area contributed by atoms with E-state index in [1.807, 2.05) is 37.4 Å². The van der Waals surface area contributed by atoms with Crippen LogP contribution in [0.2, 0.25) is 0 Å². The number of halogens is 4. The summed E-state index contributed by atoms with van der Waals surface area (Å²) < 4.78 is 53.6. The molecule has 2 aliphatic heterocycles. The number of nitrogens with one attached hydrogen (secondary N) is 1. The molecule has 0 unspecified atom stereocenters. The largest absolute Gasteiger partial charge is 0.436 e. The zero-order valence-electron chi connectivity index (χ0n) is 16.5. The zero-order chi connectivity index (χ0) is 21.5. The number of likely N-dealkylation sites (N-methyl/N-ethyl adjacent to an activating group) is 1. The second kappa shape index (κ2) is 7.65. The number of alkyl halides is 3. The van der Waals surface area contributed by atoms with Gasteiger partial charge in [-0.25, -0.2) is 9.37 Å². The first-order valence-corrected chi connectivity index (χ1v) is 10.0. The van der Waals surface area contributed by atoms with Crippen LogP contribution >= 0.6 is 0 Å².